The number of carbonyl (C=O) groups is 2. The Balaban J connectivity index is 2.25. The van der Waals surface area contributed by atoms with Crippen molar-refractivity contribution in [1.29, 1.82) is 0 Å². The Morgan fingerprint density at radius 3 is 2.63 bits per heavy atom. The average molecular weight is 259 g/mol. The average Bonchev–Trinajstić information content (AvgIpc) is 2.78. The Hall–Kier alpha value is -2.63. The molecule has 1 aromatic heterocycles. The van der Waals surface area contributed by atoms with Gasteiger partial charge >= 0.3 is 5.97 Å². The molecule has 0 saturated carbocycles. The lowest BCUT2D eigenvalue weighted by molar-refractivity contribution is 0.0696. The number of aromatic amines is 1. The quantitative estimate of drug-likeness (QED) is 0.785. The summed E-state index contributed by atoms with van der Waals surface area (Å²) in [5, 5.41) is 11.6. The summed E-state index contributed by atoms with van der Waals surface area (Å²) in [6.45, 7) is 3.53. The number of nitrogens with zero attached hydrogens (tertiary/aromatic N) is 1. The molecule has 6 heteroatoms. The molecule has 0 unspecified atom stereocenters. The van der Waals surface area contributed by atoms with Gasteiger partial charge in [0.25, 0.3) is 5.91 Å². The maximum absolute atomic E-state index is 11.9. The van der Waals surface area contributed by atoms with E-state index in [4.69, 9.17) is 5.11 Å². The topological polar surface area (TPSA) is 95.1 Å². The van der Waals surface area contributed by atoms with Gasteiger partial charge in [-0.1, -0.05) is 6.07 Å². The van der Waals surface area contributed by atoms with Gasteiger partial charge in [0.2, 0.25) is 0 Å². The molecule has 0 atom stereocenters. The molecule has 0 spiro atoms. The number of anilines is 1. The van der Waals surface area contributed by atoms with E-state index in [1.807, 2.05) is 0 Å². The molecule has 1 amide bonds. The van der Waals surface area contributed by atoms with Crippen LogP contribution in [0, 0.1) is 13.8 Å². The van der Waals surface area contributed by atoms with Crippen LogP contribution in [0.3, 0.4) is 0 Å². The van der Waals surface area contributed by atoms with Crippen molar-refractivity contribution in [3.8, 4) is 0 Å². The van der Waals surface area contributed by atoms with Gasteiger partial charge in [0, 0.05) is 5.69 Å². The molecule has 6 nitrogen and oxygen atoms in total. The molecule has 0 aliphatic rings. The molecule has 1 heterocycles. The molecule has 98 valence electrons. The maximum Gasteiger partial charge on any atom is 0.335 e. The van der Waals surface area contributed by atoms with Crippen LogP contribution in [0.5, 0.6) is 0 Å². The number of hydrogen-bond donors (Lipinski definition) is 3. The number of nitrogens with one attached hydrogen (secondary N) is 2. The second-order valence-corrected chi connectivity index (χ2v) is 4.17. The lowest BCUT2D eigenvalue weighted by Crippen LogP contribution is -2.14. The minimum absolute atomic E-state index is 0.127. The molecule has 2 rings (SSSR count). The number of amides is 1. The highest BCUT2D eigenvalue weighted by Crippen LogP contribution is 2.17. The van der Waals surface area contributed by atoms with E-state index < -0.39 is 5.97 Å². The highest BCUT2D eigenvalue weighted by Gasteiger charge is 2.12. The first kappa shape index (κ1) is 12.8. The van der Waals surface area contributed by atoms with Crippen molar-refractivity contribution in [2.45, 2.75) is 13.8 Å². The Kier molecular flexibility index (Phi) is 3.33. The van der Waals surface area contributed by atoms with E-state index in [1.54, 1.807) is 19.9 Å². The van der Waals surface area contributed by atoms with Crippen molar-refractivity contribution in [2.24, 2.45) is 0 Å². The molecular weight excluding hydrogens is 246 g/mol. The van der Waals surface area contributed by atoms with Gasteiger partial charge in [0.05, 0.1) is 11.8 Å². The van der Waals surface area contributed by atoms with E-state index in [0.29, 0.717) is 17.2 Å². The first-order valence-corrected chi connectivity index (χ1v) is 5.64. The van der Waals surface area contributed by atoms with Gasteiger partial charge in [0.1, 0.15) is 11.5 Å². The summed E-state index contributed by atoms with van der Waals surface area (Å²) in [4.78, 5) is 29.6. The molecule has 0 bridgehead atoms. The van der Waals surface area contributed by atoms with Crippen LogP contribution in [0.4, 0.5) is 5.69 Å². The number of rotatable bonds is 3. The fourth-order valence-electron chi connectivity index (χ4n) is 1.62. The first-order valence-electron chi connectivity index (χ1n) is 5.64. The number of aryl methyl sites for hydroxylation is 2. The zero-order valence-corrected chi connectivity index (χ0v) is 10.5. The third-order valence-corrected chi connectivity index (χ3v) is 2.68. The Labute approximate surface area is 109 Å². The van der Waals surface area contributed by atoms with Crippen molar-refractivity contribution in [1.82, 2.24) is 9.97 Å². The zero-order chi connectivity index (χ0) is 14.0. The molecule has 2 aromatic rings. The van der Waals surface area contributed by atoms with Crippen LogP contribution in [0.25, 0.3) is 0 Å². The number of benzene rings is 1. The van der Waals surface area contributed by atoms with E-state index in [1.165, 1.54) is 18.3 Å². The normalized spacial score (nSPS) is 10.2. The van der Waals surface area contributed by atoms with Crippen molar-refractivity contribution < 1.29 is 14.7 Å². The monoisotopic (exact) mass is 259 g/mol. The summed E-state index contributed by atoms with van der Waals surface area (Å²) < 4.78 is 0. The molecule has 0 fully saturated rings. The van der Waals surface area contributed by atoms with E-state index in [0.717, 1.165) is 5.56 Å². The fourth-order valence-corrected chi connectivity index (χ4v) is 1.62. The van der Waals surface area contributed by atoms with Crippen LogP contribution in [-0.2, 0) is 0 Å². The highest BCUT2D eigenvalue weighted by molar-refractivity contribution is 6.03. The van der Waals surface area contributed by atoms with Crippen LogP contribution in [0.1, 0.15) is 32.2 Å². The molecule has 0 aliphatic carbocycles. The van der Waals surface area contributed by atoms with E-state index in [-0.39, 0.29) is 11.5 Å². The number of aromatic nitrogens is 2. The molecule has 3 N–H and O–H groups in total. The molecule has 19 heavy (non-hydrogen) atoms. The van der Waals surface area contributed by atoms with Crippen LogP contribution >= 0.6 is 0 Å². The van der Waals surface area contributed by atoms with E-state index in [9.17, 15) is 9.59 Å². The van der Waals surface area contributed by atoms with Gasteiger partial charge in [-0.2, -0.15) is 0 Å². The zero-order valence-electron chi connectivity index (χ0n) is 10.5. The summed E-state index contributed by atoms with van der Waals surface area (Å²) in [7, 11) is 0. The second kappa shape index (κ2) is 4.93. The minimum atomic E-state index is -1.03. The summed E-state index contributed by atoms with van der Waals surface area (Å²) in [5.74, 6) is -0.750. The second-order valence-electron chi connectivity index (χ2n) is 4.17. The standard InChI is InChI=1S/C13H13N3O3/c1-7-3-4-9(13(18)19)5-10(7)16-12(17)11-6-14-8(2)15-11/h3-6H,1-2H3,(H,14,15)(H,16,17)(H,18,19). The van der Waals surface area contributed by atoms with Crippen LogP contribution in [0.2, 0.25) is 0 Å². The maximum atomic E-state index is 11.9. The Bertz CT molecular complexity index is 646. The van der Waals surface area contributed by atoms with Gasteiger partial charge in [-0.3, -0.25) is 4.79 Å². The number of carboxylic acid groups (broad SMARTS) is 1. The number of hydrogen-bond acceptors (Lipinski definition) is 3. The van der Waals surface area contributed by atoms with Crippen molar-refractivity contribution in [3.63, 3.8) is 0 Å². The Morgan fingerprint density at radius 1 is 1.32 bits per heavy atom. The highest BCUT2D eigenvalue weighted by atomic mass is 16.4. The van der Waals surface area contributed by atoms with Crippen LogP contribution in [-0.4, -0.2) is 27.0 Å². The number of carbonyl (C=O) groups excluding carboxylic acids is 1. The smallest absolute Gasteiger partial charge is 0.335 e. The third-order valence-electron chi connectivity index (χ3n) is 2.68. The summed E-state index contributed by atoms with van der Waals surface area (Å²) >= 11 is 0. The first-order chi connectivity index (χ1) is 8.97. The molecular formula is C13H13N3O3. The van der Waals surface area contributed by atoms with Gasteiger partial charge in [-0.05, 0) is 31.5 Å². The predicted octanol–water partition coefficient (Wildman–Crippen LogP) is 1.98. The largest absolute Gasteiger partial charge is 0.478 e. The van der Waals surface area contributed by atoms with Crippen molar-refractivity contribution in [3.05, 3.63) is 47.0 Å². The predicted molar refractivity (Wildman–Crippen MR) is 69.4 cm³/mol. The number of aromatic carboxylic acids is 1. The van der Waals surface area contributed by atoms with E-state index >= 15 is 0 Å². The Morgan fingerprint density at radius 2 is 2.05 bits per heavy atom. The minimum Gasteiger partial charge on any atom is -0.478 e. The SMILES string of the molecule is Cc1ncc(C(=O)Nc2cc(C(=O)O)ccc2C)[nH]1. The lowest BCUT2D eigenvalue weighted by atomic mass is 10.1. The van der Waals surface area contributed by atoms with Crippen LogP contribution in [0.15, 0.2) is 24.4 Å². The van der Waals surface area contributed by atoms with E-state index in [2.05, 4.69) is 15.3 Å². The van der Waals surface area contributed by atoms with Gasteiger partial charge in [-0.15, -0.1) is 0 Å². The lowest BCUT2D eigenvalue weighted by Gasteiger charge is -2.08. The van der Waals surface area contributed by atoms with Gasteiger partial charge < -0.3 is 15.4 Å². The number of imidazole rings is 1. The van der Waals surface area contributed by atoms with Gasteiger partial charge in [0.15, 0.2) is 0 Å². The molecule has 0 aliphatic heterocycles. The van der Waals surface area contributed by atoms with Crippen molar-refractivity contribution >= 4 is 17.6 Å². The summed E-state index contributed by atoms with van der Waals surface area (Å²) in [6.07, 6.45) is 1.43. The van der Waals surface area contributed by atoms with Crippen LogP contribution < -0.4 is 5.32 Å². The third kappa shape index (κ3) is 2.79. The van der Waals surface area contributed by atoms with Crippen molar-refractivity contribution in [2.75, 3.05) is 5.32 Å². The molecule has 0 radical (unpaired) electrons. The molecule has 1 aromatic carbocycles. The number of H-pyrrole nitrogens is 1. The number of carboxylic acids is 1. The fraction of sp³-hybridized carbons (Fsp3) is 0.154. The summed E-state index contributed by atoms with van der Waals surface area (Å²) in [6, 6.07) is 4.57. The summed E-state index contributed by atoms with van der Waals surface area (Å²) in [5.41, 5.74) is 1.71. The van der Waals surface area contributed by atoms with Gasteiger partial charge in [-0.25, -0.2) is 9.78 Å². The molecule has 0 saturated heterocycles.